The van der Waals surface area contributed by atoms with Crippen molar-refractivity contribution >= 4 is 0 Å². The van der Waals surface area contributed by atoms with Gasteiger partial charge in [-0.25, -0.2) is 17.6 Å². The van der Waals surface area contributed by atoms with Gasteiger partial charge in [-0.15, -0.1) is 0 Å². The van der Waals surface area contributed by atoms with E-state index in [1.807, 2.05) is 0 Å². The van der Waals surface area contributed by atoms with Gasteiger partial charge in [0, 0.05) is 11.6 Å². The molecule has 0 aliphatic carbocycles. The second-order valence-corrected chi connectivity index (χ2v) is 3.76. The maximum absolute atomic E-state index is 13.3. The van der Waals surface area contributed by atoms with Crippen molar-refractivity contribution in [2.75, 3.05) is 13.2 Å². The Morgan fingerprint density at radius 2 is 2.00 bits per heavy atom. The van der Waals surface area contributed by atoms with E-state index in [-0.39, 0.29) is 5.56 Å². The SMILES string of the molecule is CC(NCC(F)(F)CO)c1cccc(F)c1F. The Kier molecular flexibility index (Phi) is 4.47. The van der Waals surface area contributed by atoms with E-state index in [9.17, 15) is 17.6 Å². The van der Waals surface area contributed by atoms with Crippen LogP contribution in [0.25, 0.3) is 0 Å². The van der Waals surface area contributed by atoms with E-state index in [2.05, 4.69) is 5.32 Å². The van der Waals surface area contributed by atoms with E-state index < -0.39 is 36.8 Å². The Hall–Kier alpha value is -1.14. The third-order valence-electron chi connectivity index (χ3n) is 2.35. The number of alkyl halides is 2. The van der Waals surface area contributed by atoms with Gasteiger partial charge in [-0.2, -0.15) is 0 Å². The van der Waals surface area contributed by atoms with Crippen molar-refractivity contribution in [3.63, 3.8) is 0 Å². The molecule has 0 heterocycles. The van der Waals surface area contributed by atoms with E-state index in [1.54, 1.807) is 0 Å². The van der Waals surface area contributed by atoms with E-state index in [0.29, 0.717) is 0 Å². The van der Waals surface area contributed by atoms with Crippen molar-refractivity contribution in [2.45, 2.75) is 18.9 Å². The fourth-order valence-corrected chi connectivity index (χ4v) is 1.32. The van der Waals surface area contributed by atoms with Crippen molar-refractivity contribution in [2.24, 2.45) is 0 Å². The van der Waals surface area contributed by atoms with E-state index >= 15 is 0 Å². The molecule has 2 nitrogen and oxygen atoms in total. The van der Waals surface area contributed by atoms with Crippen LogP contribution in [-0.2, 0) is 0 Å². The number of halogens is 4. The van der Waals surface area contributed by atoms with Crippen LogP contribution in [0.1, 0.15) is 18.5 Å². The second-order valence-electron chi connectivity index (χ2n) is 3.76. The molecule has 0 spiro atoms. The molecule has 17 heavy (non-hydrogen) atoms. The number of hydrogen-bond donors (Lipinski definition) is 2. The number of nitrogens with one attached hydrogen (secondary N) is 1. The van der Waals surface area contributed by atoms with Gasteiger partial charge < -0.3 is 10.4 Å². The van der Waals surface area contributed by atoms with Gasteiger partial charge in [-0.3, -0.25) is 0 Å². The monoisotopic (exact) mass is 251 g/mol. The van der Waals surface area contributed by atoms with E-state index in [0.717, 1.165) is 6.07 Å². The summed E-state index contributed by atoms with van der Waals surface area (Å²) in [4.78, 5) is 0. The summed E-state index contributed by atoms with van der Waals surface area (Å²) in [6, 6.07) is 2.79. The van der Waals surface area contributed by atoms with Crippen LogP contribution in [0.15, 0.2) is 18.2 Å². The zero-order valence-corrected chi connectivity index (χ0v) is 9.18. The van der Waals surface area contributed by atoms with E-state index in [4.69, 9.17) is 5.11 Å². The Morgan fingerprint density at radius 1 is 1.35 bits per heavy atom. The molecule has 2 N–H and O–H groups in total. The summed E-state index contributed by atoms with van der Waals surface area (Å²) in [6.07, 6.45) is 0. The third kappa shape index (κ3) is 3.67. The zero-order valence-electron chi connectivity index (χ0n) is 9.18. The predicted octanol–water partition coefficient (Wildman–Crippen LogP) is 2.24. The maximum atomic E-state index is 13.3. The number of benzene rings is 1. The van der Waals surface area contributed by atoms with Gasteiger partial charge >= 0.3 is 0 Å². The lowest BCUT2D eigenvalue weighted by Crippen LogP contribution is -2.37. The zero-order chi connectivity index (χ0) is 13.1. The Morgan fingerprint density at radius 3 is 2.59 bits per heavy atom. The highest BCUT2D eigenvalue weighted by Gasteiger charge is 2.28. The largest absolute Gasteiger partial charge is 0.390 e. The first-order chi connectivity index (χ1) is 7.87. The minimum Gasteiger partial charge on any atom is -0.390 e. The van der Waals surface area contributed by atoms with Crippen LogP contribution >= 0.6 is 0 Å². The maximum Gasteiger partial charge on any atom is 0.282 e. The predicted molar refractivity (Wildman–Crippen MR) is 54.8 cm³/mol. The highest BCUT2D eigenvalue weighted by atomic mass is 19.3. The molecule has 0 saturated heterocycles. The lowest BCUT2D eigenvalue weighted by atomic mass is 10.1. The molecular formula is C11H13F4NO. The molecule has 0 saturated carbocycles. The van der Waals surface area contributed by atoms with Crippen LogP contribution in [0.5, 0.6) is 0 Å². The minimum atomic E-state index is -3.28. The molecule has 0 fully saturated rings. The molecule has 1 aromatic carbocycles. The summed E-state index contributed by atoms with van der Waals surface area (Å²) < 4.78 is 51.6. The lowest BCUT2D eigenvalue weighted by Gasteiger charge is -2.19. The molecule has 1 aromatic rings. The number of aliphatic hydroxyl groups excluding tert-OH is 1. The highest BCUT2D eigenvalue weighted by molar-refractivity contribution is 5.21. The summed E-state index contributed by atoms with van der Waals surface area (Å²) in [5.74, 6) is -5.36. The van der Waals surface area contributed by atoms with Crippen molar-refractivity contribution in [1.29, 1.82) is 0 Å². The molecule has 0 aromatic heterocycles. The summed E-state index contributed by atoms with van der Waals surface area (Å²) in [5, 5.41) is 10.7. The summed E-state index contributed by atoms with van der Waals surface area (Å²) >= 11 is 0. The quantitative estimate of drug-likeness (QED) is 0.787. The van der Waals surface area contributed by atoms with Gasteiger partial charge in [-0.05, 0) is 13.0 Å². The topological polar surface area (TPSA) is 32.3 Å². The molecule has 0 bridgehead atoms. The first-order valence-electron chi connectivity index (χ1n) is 5.03. The van der Waals surface area contributed by atoms with Crippen LogP contribution < -0.4 is 5.32 Å². The van der Waals surface area contributed by atoms with Crippen LogP contribution in [0.4, 0.5) is 17.6 Å². The molecule has 6 heteroatoms. The van der Waals surface area contributed by atoms with Gasteiger partial charge in [-0.1, -0.05) is 12.1 Å². The van der Waals surface area contributed by atoms with E-state index in [1.165, 1.54) is 19.1 Å². The van der Waals surface area contributed by atoms with Crippen LogP contribution in [0, 0.1) is 11.6 Å². The Bertz CT molecular complexity index is 384. The molecule has 0 radical (unpaired) electrons. The van der Waals surface area contributed by atoms with Crippen LogP contribution in [-0.4, -0.2) is 24.2 Å². The lowest BCUT2D eigenvalue weighted by molar-refractivity contribution is -0.0491. The number of hydrogen-bond acceptors (Lipinski definition) is 2. The Labute approximate surface area is 96.3 Å². The Balaban J connectivity index is 2.71. The van der Waals surface area contributed by atoms with Crippen LogP contribution in [0.2, 0.25) is 0 Å². The average Bonchev–Trinajstić information content (AvgIpc) is 2.30. The molecule has 0 aliphatic heterocycles. The summed E-state index contributed by atoms with van der Waals surface area (Å²) in [7, 11) is 0. The first kappa shape index (κ1) is 13.9. The average molecular weight is 251 g/mol. The highest BCUT2D eigenvalue weighted by Crippen LogP contribution is 2.20. The normalized spacial score (nSPS) is 13.8. The smallest absolute Gasteiger partial charge is 0.282 e. The van der Waals surface area contributed by atoms with Gasteiger partial charge in [0.1, 0.15) is 6.61 Å². The van der Waals surface area contributed by atoms with Gasteiger partial charge in [0.05, 0.1) is 6.54 Å². The summed E-state index contributed by atoms with van der Waals surface area (Å²) in [5.41, 5.74) is -0.0289. The number of aliphatic hydroxyl groups is 1. The first-order valence-corrected chi connectivity index (χ1v) is 5.03. The van der Waals surface area contributed by atoms with Crippen LogP contribution in [0.3, 0.4) is 0 Å². The second kappa shape index (κ2) is 5.46. The van der Waals surface area contributed by atoms with Gasteiger partial charge in [0.15, 0.2) is 11.6 Å². The van der Waals surface area contributed by atoms with Gasteiger partial charge in [0.25, 0.3) is 5.92 Å². The van der Waals surface area contributed by atoms with Gasteiger partial charge in [0.2, 0.25) is 0 Å². The molecule has 96 valence electrons. The molecular weight excluding hydrogens is 238 g/mol. The minimum absolute atomic E-state index is 0.0289. The molecule has 0 aliphatic rings. The van der Waals surface area contributed by atoms with Crippen molar-refractivity contribution < 1.29 is 22.7 Å². The number of rotatable bonds is 5. The standard InChI is InChI=1S/C11H13F4NO/c1-7(16-5-11(14,15)6-17)8-3-2-4-9(12)10(8)13/h2-4,7,16-17H,5-6H2,1H3. The molecule has 1 atom stereocenters. The third-order valence-corrected chi connectivity index (χ3v) is 2.35. The fourth-order valence-electron chi connectivity index (χ4n) is 1.32. The van der Waals surface area contributed by atoms with Crippen molar-refractivity contribution in [1.82, 2.24) is 5.32 Å². The summed E-state index contributed by atoms with van der Waals surface area (Å²) in [6.45, 7) is -0.662. The fraction of sp³-hybridized carbons (Fsp3) is 0.455. The molecule has 0 amide bonds. The molecule has 1 unspecified atom stereocenters. The van der Waals surface area contributed by atoms with Crippen molar-refractivity contribution in [3.05, 3.63) is 35.4 Å². The molecule has 1 rings (SSSR count). The van der Waals surface area contributed by atoms with Crippen molar-refractivity contribution in [3.8, 4) is 0 Å².